The van der Waals surface area contributed by atoms with Gasteiger partial charge in [-0.2, -0.15) is 0 Å². The van der Waals surface area contributed by atoms with Gasteiger partial charge in [-0.3, -0.25) is 0 Å². The van der Waals surface area contributed by atoms with Crippen LogP contribution in [0, 0.1) is 5.92 Å². The van der Waals surface area contributed by atoms with Crippen molar-refractivity contribution in [3.8, 4) is 0 Å². The maximum atomic E-state index is 9.67. The van der Waals surface area contributed by atoms with Crippen molar-refractivity contribution in [1.82, 2.24) is 10.3 Å². The Balaban J connectivity index is 1.71. The second-order valence-corrected chi connectivity index (χ2v) is 5.23. The lowest BCUT2D eigenvalue weighted by Gasteiger charge is -2.26. The molecule has 1 aliphatic rings. The van der Waals surface area contributed by atoms with Crippen molar-refractivity contribution in [3.63, 3.8) is 0 Å². The van der Waals surface area contributed by atoms with Gasteiger partial charge in [0.1, 0.15) is 0 Å². The third-order valence-corrected chi connectivity index (χ3v) is 3.78. The van der Waals surface area contributed by atoms with Crippen LogP contribution < -0.4 is 11.1 Å². The number of aliphatic hydroxyl groups is 1. The molecule has 102 valence electrons. The minimum Gasteiger partial charge on any atom is -0.397 e. The number of nitrogens with zero attached hydrogens (tertiary/aromatic N) is 2. The molecule has 2 atom stereocenters. The first-order valence-electron chi connectivity index (χ1n) is 6.66. The van der Waals surface area contributed by atoms with Crippen molar-refractivity contribution in [2.75, 3.05) is 17.6 Å². The van der Waals surface area contributed by atoms with E-state index in [2.05, 4.69) is 15.6 Å². The molecular weight excluding hydrogens is 244 g/mol. The van der Waals surface area contributed by atoms with E-state index in [9.17, 15) is 5.11 Å². The second kappa shape index (κ2) is 5.05. The lowest BCUT2D eigenvalue weighted by Crippen LogP contribution is -2.25. The van der Waals surface area contributed by atoms with Crippen molar-refractivity contribution >= 4 is 22.4 Å². The summed E-state index contributed by atoms with van der Waals surface area (Å²) in [5.41, 5.74) is 8.50. The Morgan fingerprint density at radius 3 is 3.00 bits per heavy atom. The first-order chi connectivity index (χ1) is 9.24. The topological polar surface area (TPSA) is 97.2 Å². The third kappa shape index (κ3) is 2.49. The fraction of sp³-hybridized carbons (Fsp3) is 0.538. The molecule has 1 fully saturated rings. The summed E-state index contributed by atoms with van der Waals surface area (Å²) in [6, 6.07) is 3.69. The highest BCUT2D eigenvalue weighted by Crippen LogP contribution is 2.28. The predicted octanol–water partition coefficient (Wildman–Crippen LogP) is 1.77. The smallest absolute Gasteiger partial charge is 0.160 e. The molecule has 2 unspecified atom stereocenters. The van der Waals surface area contributed by atoms with E-state index in [0.29, 0.717) is 22.6 Å². The summed E-state index contributed by atoms with van der Waals surface area (Å²) >= 11 is 0. The van der Waals surface area contributed by atoms with Gasteiger partial charge in [-0.25, -0.2) is 4.63 Å². The molecule has 1 aliphatic carbocycles. The highest BCUT2D eigenvalue weighted by atomic mass is 16.6. The molecule has 2 aromatic rings. The molecule has 1 aromatic carbocycles. The van der Waals surface area contributed by atoms with Crippen molar-refractivity contribution < 1.29 is 9.74 Å². The normalized spacial score (nSPS) is 23.6. The van der Waals surface area contributed by atoms with Gasteiger partial charge in [0.05, 0.1) is 17.5 Å². The largest absolute Gasteiger partial charge is 0.397 e. The van der Waals surface area contributed by atoms with Crippen molar-refractivity contribution in [2.24, 2.45) is 5.92 Å². The molecule has 0 bridgehead atoms. The molecule has 19 heavy (non-hydrogen) atoms. The summed E-state index contributed by atoms with van der Waals surface area (Å²) in [7, 11) is 0. The fourth-order valence-electron chi connectivity index (χ4n) is 2.73. The zero-order valence-corrected chi connectivity index (χ0v) is 10.7. The Bertz CT molecular complexity index is 569. The number of hydrogen-bond donors (Lipinski definition) is 3. The zero-order valence-electron chi connectivity index (χ0n) is 10.7. The van der Waals surface area contributed by atoms with Gasteiger partial charge in [0.15, 0.2) is 11.0 Å². The summed E-state index contributed by atoms with van der Waals surface area (Å²) in [6.45, 7) is 0.822. The number of hydrogen-bond acceptors (Lipinski definition) is 6. The molecule has 0 saturated heterocycles. The van der Waals surface area contributed by atoms with Crippen LogP contribution in [0.1, 0.15) is 25.7 Å². The number of benzene rings is 1. The Kier molecular flexibility index (Phi) is 3.25. The lowest BCUT2D eigenvalue weighted by molar-refractivity contribution is 0.105. The van der Waals surface area contributed by atoms with E-state index in [1.54, 1.807) is 6.07 Å². The number of nitrogen functional groups attached to an aromatic ring is 1. The number of nitrogens with two attached hydrogens (primary N) is 1. The number of rotatable bonds is 3. The molecule has 0 amide bonds. The molecule has 0 radical (unpaired) electrons. The molecule has 0 aliphatic heterocycles. The van der Waals surface area contributed by atoms with Gasteiger partial charge in [0, 0.05) is 6.54 Å². The standard InChI is InChI=1S/C13H18N4O2/c14-10-4-5-11(13-12(10)16-19-17-13)15-7-8-2-1-3-9(18)6-8/h4-5,8-9,15,18H,1-3,6-7,14H2. The van der Waals surface area contributed by atoms with Crippen LogP contribution in [0.15, 0.2) is 16.8 Å². The SMILES string of the molecule is Nc1ccc(NCC2CCCC(O)C2)c2nonc12. The van der Waals surface area contributed by atoms with Crippen molar-refractivity contribution in [3.05, 3.63) is 12.1 Å². The van der Waals surface area contributed by atoms with E-state index in [0.717, 1.165) is 37.9 Å². The molecule has 6 heteroatoms. The van der Waals surface area contributed by atoms with Crippen LogP contribution in [0.25, 0.3) is 11.0 Å². The number of fused-ring (bicyclic) bond motifs is 1. The van der Waals surface area contributed by atoms with Gasteiger partial charge in [-0.15, -0.1) is 0 Å². The number of aromatic nitrogens is 2. The first-order valence-corrected chi connectivity index (χ1v) is 6.66. The van der Waals surface area contributed by atoms with Gasteiger partial charge < -0.3 is 16.2 Å². The average molecular weight is 262 g/mol. The average Bonchev–Trinajstić information content (AvgIpc) is 2.88. The molecule has 0 spiro atoms. The van der Waals surface area contributed by atoms with Crippen LogP contribution in [0.3, 0.4) is 0 Å². The van der Waals surface area contributed by atoms with E-state index >= 15 is 0 Å². The van der Waals surface area contributed by atoms with E-state index in [1.807, 2.05) is 6.07 Å². The van der Waals surface area contributed by atoms with Gasteiger partial charge in [-0.05, 0) is 47.6 Å². The van der Waals surface area contributed by atoms with Gasteiger partial charge >= 0.3 is 0 Å². The third-order valence-electron chi connectivity index (χ3n) is 3.78. The molecule has 1 heterocycles. The van der Waals surface area contributed by atoms with Gasteiger partial charge in [0.25, 0.3) is 0 Å². The Morgan fingerprint density at radius 1 is 1.32 bits per heavy atom. The summed E-state index contributed by atoms with van der Waals surface area (Å²) < 4.78 is 4.74. The number of nitrogens with one attached hydrogen (secondary N) is 1. The molecule has 4 N–H and O–H groups in total. The quantitative estimate of drug-likeness (QED) is 0.729. The molecule has 1 aromatic heterocycles. The molecule has 1 saturated carbocycles. The van der Waals surface area contributed by atoms with Crippen LogP contribution in [0.2, 0.25) is 0 Å². The maximum absolute atomic E-state index is 9.67. The van der Waals surface area contributed by atoms with E-state index in [4.69, 9.17) is 10.4 Å². The fourth-order valence-corrected chi connectivity index (χ4v) is 2.73. The predicted molar refractivity (Wildman–Crippen MR) is 72.7 cm³/mol. The van der Waals surface area contributed by atoms with Gasteiger partial charge in [0.2, 0.25) is 0 Å². The maximum Gasteiger partial charge on any atom is 0.160 e. The number of aliphatic hydroxyl groups excluding tert-OH is 1. The minimum atomic E-state index is -0.152. The highest BCUT2D eigenvalue weighted by Gasteiger charge is 2.20. The summed E-state index contributed by atoms with van der Waals surface area (Å²) in [4.78, 5) is 0. The summed E-state index contributed by atoms with van der Waals surface area (Å²) in [5, 5.41) is 20.7. The van der Waals surface area contributed by atoms with Gasteiger partial charge in [-0.1, -0.05) is 6.42 Å². The minimum absolute atomic E-state index is 0.152. The van der Waals surface area contributed by atoms with Crippen LogP contribution >= 0.6 is 0 Å². The number of anilines is 2. The zero-order chi connectivity index (χ0) is 13.2. The lowest BCUT2D eigenvalue weighted by atomic mass is 9.87. The first kappa shape index (κ1) is 12.2. The summed E-state index contributed by atoms with van der Waals surface area (Å²) in [6.07, 6.45) is 3.88. The molecule has 3 rings (SSSR count). The monoisotopic (exact) mass is 262 g/mol. The summed E-state index contributed by atoms with van der Waals surface area (Å²) in [5.74, 6) is 0.496. The molecular formula is C13H18N4O2. The van der Waals surface area contributed by atoms with Crippen LogP contribution in [0.4, 0.5) is 11.4 Å². The van der Waals surface area contributed by atoms with E-state index in [-0.39, 0.29) is 6.10 Å². The Hall–Kier alpha value is -1.82. The van der Waals surface area contributed by atoms with E-state index < -0.39 is 0 Å². The van der Waals surface area contributed by atoms with E-state index in [1.165, 1.54) is 0 Å². The Labute approximate surface area is 110 Å². The van der Waals surface area contributed by atoms with Crippen LogP contribution in [-0.2, 0) is 0 Å². The van der Waals surface area contributed by atoms with Crippen molar-refractivity contribution in [2.45, 2.75) is 31.8 Å². The van der Waals surface area contributed by atoms with Crippen molar-refractivity contribution in [1.29, 1.82) is 0 Å². The highest BCUT2D eigenvalue weighted by molar-refractivity contribution is 5.94. The van der Waals surface area contributed by atoms with Crippen LogP contribution in [0.5, 0.6) is 0 Å². The second-order valence-electron chi connectivity index (χ2n) is 5.23. The molecule has 6 nitrogen and oxygen atoms in total. The Morgan fingerprint density at radius 2 is 2.16 bits per heavy atom. The van der Waals surface area contributed by atoms with Crippen LogP contribution in [-0.4, -0.2) is 28.1 Å².